The lowest BCUT2D eigenvalue weighted by molar-refractivity contribution is 0.197. The Bertz CT molecular complexity index is 588. The van der Waals surface area contributed by atoms with Gasteiger partial charge in [0.25, 0.3) is 0 Å². The fourth-order valence-corrected chi connectivity index (χ4v) is 2.84. The van der Waals surface area contributed by atoms with Crippen molar-refractivity contribution in [1.82, 2.24) is 15.1 Å². The van der Waals surface area contributed by atoms with Crippen molar-refractivity contribution in [3.8, 4) is 0 Å². The van der Waals surface area contributed by atoms with Gasteiger partial charge in [-0.05, 0) is 31.5 Å². The van der Waals surface area contributed by atoms with Gasteiger partial charge in [0.15, 0.2) is 0 Å². The van der Waals surface area contributed by atoms with Crippen LogP contribution >= 0.6 is 0 Å². The number of nitrogens with zero attached hydrogens (tertiary/aromatic N) is 3. The normalized spacial score (nSPS) is 19.7. The van der Waals surface area contributed by atoms with Crippen LogP contribution < -0.4 is 0 Å². The van der Waals surface area contributed by atoms with E-state index in [-0.39, 0.29) is 5.92 Å². The third-order valence-electron chi connectivity index (χ3n) is 4.04. The molecule has 5 nitrogen and oxygen atoms in total. The topological polar surface area (TPSA) is 55.3 Å². The highest BCUT2D eigenvalue weighted by Gasteiger charge is 2.29. The molecule has 114 valence electrons. The highest BCUT2D eigenvalue weighted by Crippen LogP contribution is 2.34. The number of aryl methyl sites for hydroxylation is 1. The van der Waals surface area contributed by atoms with Crippen molar-refractivity contribution < 1.29 is 8.83 Å². The molecule has 0 N–H and O–H groups in total. The van der Waals surface area contributed by atoms with Crippen LogP contribution in [0.3, 0.4) is 0 Å². The zero-order valence-corrected chi connectivity index (χ0v) is 13.0. The average molecular weight is 289 g/mol. The number of hydrogen-bond donors (Lipinski definition) is 0. The van der Waals surface area contributed by atoms with E-state index in [1.165, 1.54) is 6.42 Å². The first kappa shape index (κ1) is 14.3. The molecular weight excluding hydrogens is 266 g/mol. The molecule has 21 heavy (non-hydrogen) atoms. The zero-order valence-electron chi connectivity index (χ0n) is 13.0. The van der Waals surface area contributed by atoms with Gasteiger partial charge in [-0.15, -0.1) is 10.2 Å². The summed E-state index contributed by atoms with van der Waals surface area (Å²) in [6.45, 7) is 7.98. The lowest BCUT2D eigenvalue weighted by Gasteiger charge is -2.20. The second-order valence-electron chi connectivity index (χ2n) is 5.97. The Morgan fingerprint density at radius 3 is 2.81 bits per heavy atom. The maximum atomic E-state index is 5.92. The average Bonchev–Trinajstić information content (AvgIpc) is 3.18. The van der Waals surface area contributed by atoms with E-state index in [2.05, 4.69) is 48.0 Å². The minimum Gasteiger partial charge on any atom is -0.464 e. The van der Waals surface area contributed by atoms with Gasteiger partial charge in [-0.2, -0.15) is 0 Å². The minimum absolute atomic E-state index is 0.276. The quantitative estimate of drug-likeness (QED) is 0.840. The van der Waals surface area contributed by atoms with Crippen molar-refractivity contribution in [2.45, 2.75) is 58.5 Å². The van der Waals surface area contributed by atoms with E-state index in [0.29, 0.717) is 24.4 Å². The molecule has 1 atom stereocenters. The molecule has 0 saturated carbocycles. The molecule has 0 radical (unpaired) electrons. The predicted molar refractivity (Wildman–Crippen MR) is 78.9 cm³/mol. The zero-order chi connectivity index (χ0) is 14.8. The Labute approximate surface area is 125 Å². The van der Waals surface area contributed by atoms with Crippen molar-refractivity contribution in [2.75, 3.05) is 6.54 Å². The lowest BCUT2D eigenvalue weighted by Crippen LogP contribution is -2.22. The van der Waals surface area contributed by atoms with E-state index >= 15 is 0 Å². The standard InChI is InChI=1S/C16H23N3O2/c1-4-12-7-8-14(20-12)13-6-5-9-19(13)10-15-17-18-16(21-15)11(2)3/h7-8,11,13H,4-6,9-10H2,1-3H3/t13-/m1/s1. The Balaban J connectivity index is 1.71. The number of aromatic nitrogens is 2. The molecule has 1 fully saturated rings. The van der Waals surface area contributed by atoms with Crippen LogP contribution in [0.4, 0.5) is 0 Å². The van der Waals surface area contributed by atoms with Gasteiger partial charge in [0, 0.05) is 12.3 Å². The molecule has 1 saturated heterocycles. The monoisotopic (exact) mass is 289 g/mol. The van der Waals surface area contributed by atoms with Crippen molar-refractivity contribution in [2.24, 2.45) is 0 Å². The summed E-state index contributed by atoms with van der Waals surface area (Å²) in [4.78, 5) is 2.37. The fraction of sp³-hybridized carbons (Fsp3) is 0.625. The third kappa shape index (κ3) is 3.02. The smallest absolute Gasteiger partial charge is 0.230 e. The molecule has 1 aliphatic rings. The van der Waals surface area contributed by atoms with Gasteiger partial charge in [0.05, 0.1) is 12.6 Å². The molecule has 3 heterocycles. The maximum absolute atomic E-state index is 5.92. The molecule has 0 spiro atoms. The summed E-state index contributed by atoms with van der Waals surface area (Å²) in [5, 5.41) is 8.27. The van der Waals surface area contributed by atoms with Crippen LogP contribution in [0.2, 0.25) is 0 Å². The molecule has 1 aliphatic heterocycles. The molecule has 3 rings (SSSR count). The molecular formula is C16H23N3O2. The Kier molecular flexibility index (Phi) is 4.10. The van der Waals surface area contributed by atoms with Crippen LogP contribution in [-0.4, -0.2) is 21.6 Å². The molecule has 0 aliphatic carbocycles. The first-order chi connectivity index (χ1) is 10.2. The Morgan fingerprint density at radius 2 is 2.14 bits per heavy atom. The number of rotatable bonds is 5. The summed E-state index contributed by atoms with van der Waals surface area (Å²) >= 11 is 0. The maximum Gasteiger partial charge on any atom is 0.230 e. The Hall–Kier alpha value is -1.62. The molecule has 2 aromatic heterocycles. The van der Waals surface area contributed by atoms with E-state index in [4.69, 9.17) is 8.83 Å². The van der Waals surface area contributed by atoms with Crippen molar-refractivity contribution >= 4 is 0 Å². The molecule has 0 amide bonds. The molecule has 5 heteroatoms. The van der Waals surface area contributed by atoms with Crippen LogP contribution in [-0.2, 0) is 13.0 Å². The van der Waals surface area contributed by atoms with Gasteiger partial charge in [-0.1, -0.05) is 20.8 Å². The minimum atomic E-state index is 0.276. The molecule has 0 bridgehead atoms. The van der Waals surface area contributed by atoms with E-state index in [9.17, 15) is 0 Å². The van der Waals surface area contributed by atoms with Crippen LogP contribution in [0.15, 0.2) is 21.0 Å². The van der Waals surface area contributed by atoms with Crippen LogP contribution in [0.1, 0.15) is 68.9 Å². The van der Waals surface area contributed by atoms with Gasteiger partial charge in [0.1, 0.15) is 11.5 Å². The molecule has 0 unspecified atom stereocenters. The van der Waals surface area contributed by atoms with Gasteiger partial charge in [-0.25, -0.2) is 0 Å². The number of hydrogen-bond acceptors (Lipinski definition) is 5. The number of furan rings is 1. The van der Waals surface area contributed by atoms with Crippen LogP contribution in [0.5, 0.6) is 0 Å². The highest BCUT2D eigenvalue weighted by molar-refractivity contribution is 5.12. The third-order valence-corrected chi connectivity index (χ3v) is 4.04. The fourth-order valence-electron chi connectivity index (χ4n) is 2.84. The largest absolute Gasteiger partial charge is 0.464 e. The number of likely N-dealkylation sites (tertiary alicyclic amines) is 1. The summed E-state index contributed by atoms with van der Waals surface area (Å²) in [5.41, 5.74) is 0. The second-order valence-corrected chi connectivity index (χ2v) is 5.97. The van der Waals surface area contributed by atoms with Crippen LogP contribution in [0, 0.1) is 0 Å². The van der Waals surface area contributed by atoms with E-state index in [1.807, 2.05) is 0 Å². The highest BCUT2D eigenvalue weighted by atomic mass is 16.4. The van der Waals surface area contributed by atoms with Crippen molar-refractivity contribution in [3.63, 3.8) is 0 Å². The predicted octanol–water partition coefficient (Wildman–Crippen LogP) is 3.69. The Morgan fingerprint density at radius 1 is 1.29 bits per heavy atom. The van der Waals surface area contributed by atoms with E-state index < -0.39 is 0 Å². The van der Waals surface area contributed by atoms with Crippen LogP contribution in [0.25, 0.3) is 0 Å². The van der Waals surface area contributed by atoms with Gasteiger partial charge in [0.2, 0.25) is 11.8 Å². The molecule has 2 aromatic rings. The lowest BCUT2D eigenvalue weighted by atomic mass is 10.1. The van der Waals surface area contributed by atoms with Gasteiger partial charge in [-0.3, -0.25) is 4.90 Å². The summed E-state index contributed by atoms with van der Waals surface area (Å²) in [6, 6.07) is 4.52. The van der Waals surface area contributed by atoms with Gasteiger partial charge >= 0.3 is 0 Å². The van der Waals surface area contributed by atoms with Gasteiger partial charge < -0.3 is 8.83 Å². The summed E-state index contributed by atoms with van der Waals surface area (Å²) in [7, 11) is 0. The van der Waals surface area contributed by atoms with Crippen molar-refractivity contribution in [3.05, 3.63) is 35.4 Å². The first-order valence-electron chi connectivity index (χ1n) is 7.82. The SMILES string of the molecule is CCc1ccc([C@H]2CCCN2Cc2nnc(C(C)C)o2)o1. The first-order valence-corrected chi connectivity index (χ1v) is 7.82. The van der Waals surface area contributed by atoms with E-state index in [1.54, 1.807) is 0 Å². The molecule has 0 aromatic carbocycles. The van der Waals surface area contributed by atoms with Crippen molar-refractivity contribution in [1.29, 1.82) is 0 Å². The van der Waals surface area contributed by atoms with E-state index in [0.717, 1.165) is 30.9 Å². The summed E-state index contributed by atoms with van der Waals surface area (Å²) in [5.74, 6) is 3.81. The second kappa shape index (κ2) is 6.02. The summed E-state index contributed by atoms with van der Waals surface area (Å²) in [6.07, 6.45) is 3.24. The summed E-state index contributed by atoms with van der Waals surface area (Å²) < 4.78 is 11.6.